The molecule has 0 bridgehead atoms. The lowest BCUT2D eigenvalue weighted by Gasteiger charge is -2.28. The van der Waals surface area contributed by atoms with E-state index in [-0.39, 0.29) is 24.7 Å². The Balaban J connectivity index is 1.51. The van der Waals surface area contributed by atoms with Gasteiger partial charge in [0, 0.05) is 38.0 Å². The highest BCUT2D eigenvalue weighted by Crippen LogP contribution is 2.39. The Kier molecular flexibility index (Phi) is 9.79. The molecule has 0 saturated heterocycles. The maximum absolute atomic E-state index is 13.9. The number of fused-ring (bicyclic) bond motifs is 1. The van der Waals surface area contributed by atoms with Gasteiger partial charge < -0.3 is 34.5 Å². The second-order valence-electron chi connectivity index (χ2n) is 13.2. The molecule has 0 unspecified atom stereocenters. The molecule has 0 spiro atoms. The van der Waals surface area contributed by atoms with E-state index < -0.39 is 14.2 Å². The Labute approximate surface area is 259 Å². The number of aromatic nitrogens is 3. The molecule has 2 aromatic heterocycles. The summed E-state index contributed by atoms with van der Waals surface area (Å²) in [6.07, 6.45) is 5.58. The summed E-state index contributed by atoms with van der Waals surface area (Å²) >= 11 is 0. The number of nitrogens with zero attached hydrogens (tertiary/aromatic N) is 3. The van der Waals surface area contributed by atoms with Crippen molar-refractivity contribution in [2.24, 2.45) is 5.92 Å². The average Bonchev–Trinajstić information content (AvgIpc) is 3.76. The van der Waals surface area contributed by atoms with Crippen molar-refractivity contribution in [3.63, 3.8) is 0 Å². The third-order valence-corrected chi connectivity index (χ3v) is 10.2. The van der Waals surface area contributed by atoms with Crippen LogP contribution in [0.4, 0.5) is 4.79 Å². The van der Waals surface area contributed by atoms with Gasteiger partial charge in [-0.2, -0.15) is 0 Å². The zero-order valence-electron chi connectivity index (χ0n) is 26.4. The third-order valence-electron chi connectivity index (χ3n) is 8.54. The van der Waals surface area contributed by atoms with Crippen molar-refractivity contribution in [1.82, 2.24) is 25.2 Å². The molecular weight excluding hydrogens is 578 g/mol. The summed E-state index contributed by atoms with van der Waals surface area (Å²) in [6, 6.07) is 6.60. The first-order chi connectivity index (χ1) is 21.0. The van der Waals surface area contributed by atoms with Gasteiger partial charge in [0.1, 0.15) is 35.8 Å². The van der Waals surface area contributed by atoms with Crippen molar-refractivity contribution in [1.29, 1.82) is 0 Å². The third kappa shape index (κ3) is 7.70. The lowest BCUT2D eigenvalue weighted by Crippen LogP contribution is -2.43. The Hall–Kier alpha value is -3.64. The highest BCUT2D eigenvalue weighted by atomic mass is 28.3. The predicted octanol–water partition coefficient (Wildman–Crippen LogP) is 5.83. The van der Waals surface area contributed by atoms with E-state index in [1.807, 2.05) is 29.7 Å². The molecule has 3 N–H and O–H groups in total. The number of rotatable bonds is 13. The summed E-state index contributed by atoms with van der Waals surface area (Å²) in [5.41, 5.74) is 3.92. The number of methoxy groups -OCH3 is 1. The minimum Gasteiger partial charge on any atom is -0.497 e. The number of nitrogens with one attached hydrogen (secondary N) is 2. The van der Waals surface area contributed by atoms with Crippen LogP contribution in [0.15, 0.2) is 24.5 Å². The van der Waals surface area contributed by atoms with E-state index in [1.165, 1.54) is 19.2 Å². The summed E-state index contributed by atoms with van der Waals surface area (Å²) in [5, 5.41) is 14.8. The van der Waals surface area contributed by atoms with Crippen LogP contribution in [0.25, 0.3) is 22.3 Å². The number of hydrogen-bond donors (Lipinski definition) is 3. The molecule has 3 aromatic rings. The molecule has 2 saturated carbocycles. The Morgan fingerprint density at radius 3 is 2.39 bits per heavy atom. The number of carbonyl (C=O) groups is 2. The molecule has 12 heteroatoms. The molecular formula is C32H45N5O6Si. The summed E-state index contributed by atoms with van der Waals surface area (Å²) in [6.45, 7) is 10.4. The van der Waals surface area contributed by atoms with Crippen molar-refractivity contribution >= 4 is 31.1 Å². The summed E-state index contributed by atoms with van der Waals surface area (Å²) in [5.74, 6) is 1.76. The van der Waals surface area contributed by atoms with Gasteiger partial charge in [-0.15, -0.1) is 0 Å². The van der Waals surface area contributed by atoms with Crippen LogP contribution in [-0.2, 0) is 11.5 Å². The monoisotopic (exact) mass is 623 g/mol. The summed E-state index contributed by atoms with van der Waals surface area (Å²) < 4.78 is 20.1. The summed E-state index contributed by atoms with van der Waals surface area (Å²) in [4.78, 5) is 34.3. The fourth-order valence-corrected chi connectivity index (χ4v) is 6.47. The van der Waals surface area contributed by atoms with Crippen LogP contribution < -0.4 is 20.1 Å². The minimum atomic E-state index is -1.30. The van der Waals surface area contributed by atoms with Crippen LogP contribution in [0.2, 0.25) is 25.7 Å². The molecule has 44 heavy (non-hydrogen) atoms. The Morgan fingerprint density at radius 2 is 1.75 bits per heavy atom. The van der Waals surface area contributed by atoms with Gasteiger partial charge in [0.15, 0.2) is 0 Å². The van der Waals surface area contributed by atoms with E-state index in [1.54, 1.807) is 7.11 Å². The van der Waals surface area contributed by atoms with Gasteiger partial charge in [0.05, 0.1) is 24.8 Å². The van der Waals surface area contributed by atoms with E-state index in [9.17, 15) is 9.59 Å². The lowest BCUT2D eigenvalue weighted by atomic mass is 9.91. The van der Waals surface area contributed by atoms with Crippen LogP contribution in [0.3, 0.4) is 0 Å². The fraction of sp³-hybridized carbons (Fsp3) is 0.562. The van der Waals surface area contributed by atoms with Crippen LogP contribution in [0.1, 0.15) is 54.6 Å². The molecule has 11 nitrogen and oxygen atoms in total. The van der Waals surface area contributed by atoms with Crippen molar-refractivity contribution in [2.45, 2.75) is 89.9 Å². The van der Waals surface area contributed by atoms with E-state index >= 15 is 0 Å². The van der Waals surface area contributed by atoms with Crippen molar-refractivity contribution < 1.29 is 28.9 Å². The van der Waals surface area contributed by atoms with Gasteiger partial charge in [-0.25, -0.2) is 14.8 Å². The number of carboxylic acid groups (broad SMARTS) is 1. The molecule has 2 fully saturated rings. The van der Waals surface area contributed by atoms with Crippen molar-refractivity contribution in [3.05, 3.63) is 35.8 Å². The first kappa shape index (κ1) is 31.8. The first-order valence-corrected chi connectivity index (χ1v) is 19.3. The maximum Gasteiger partial charge on any atom is 0.404 e. The molecule has 2 aliphatic carbocycles. The summed E-state index contributed by atoms with van der Waals surface area (Å²) in [7, 11) is 0.331. The molecule has 238 valence electrons. The normalized spacial score (nSPS) is 18.7. The molecule has 1 aromatic carbocycles. The standard InChI is InChI=1S/C32H45N5O6Si/c1-20-27(31(38)35-22-8-10-23(11-9-22)36-32(39)40)29-30(37(20)19-42-14-15-44(3,4)5)28(33-18-34-29)25-16-24(41-2)12-13-26(25)43-17-21-6-7-21/h12-13,16,18,21-23,36H,6-11,14-15,17,19H2,1-5H3,(H,35,38)(H,39,40). The van der Waals surface area contributed by atoms with Gasteiger partial charge in [-0.05, 0) is 75.6 Å². The van der Waals surface area contributed by atoms with Crippen LogP contribution in [-0.4, -0.2) is 72.1 Å². The van der Waals surface area contributed by atoms with Crippen LogP contribution >= 0.6 is 0 Å². The van der Waals surface area contributed by atoms with Gasteiger partial charge >= 0.3 is 6.09 Å². The molecule has 2 heterocycles. The van der Waals surface area contributed by atoms with Crippen molar-refractivity contribution in [2.75, 3.05) is 20.3 Å². The van der Waals surface area contributed by atoms with E-state index in [0.717, 1.165) is 17.3 Å². The second-order valence-corrected chi connectivity index (χ2v) is 18.9. The highest BCUT2D eigenvalue weighted by molar-refractivity contribution is 6.76. The fourth-order valence-electron chi connectivity index (χ4n) is 5.71. The number of carbonyl (C=O) groups excluding carboxylic acids is 1. The van der Waals surface area contributed by atoms with Gasteiger partial charge in [-0.1, -0.05) is 19.6 Å². The van der Waals surface area contributed by atoms with E-state index in [2.05, 4.69) is 35.3 Å². The van der Waals surface area contributed by atoms with Crippen LogP contribution in [0, 0.1) is 12.8 Å². The topological polar surface area (TPSA) is 137 Å². The predicted molar refractivity (Wildman–Crippen MR) is 171 cm³/mol. The molecule has 2 amide bonds. The second kappa shape index (κ2) is 13.6. The number of ether oxygens (including phenoxy) is 3. The quantitative estimate of drug-likeness (QED) is 0.160. The van der Waals surface area contributed by atoms with Gasteiger partial charge in [0.2, 0.25) is 0 Å². The molecule has 2 aliphatic rings. The number of amides is 2. The maximum atomic E-state index is 13.9. The van der Waals surface area contributed by atoms with E-state index in [0.29, 0.717) is 78.6 Å². The largest absolute Gasteiger partial charge is 0.497 e. The van der Waals surface area contributed by atoms with Crippen molar-refractivity contribution in [3.8, 4) is 22.8 Å². The molecule has 5 rings (SSSR count). The molecule has 0 aliphatic heterocycles. The Morgan fingerprint density at radius 1 is 1.05 bits per heavy atom. The molecule has 0 atom stereocenters. The molecule has 0 radical (unpaired) electrons. The average molecular weight is 624 g/mol. The zero-order valence-corrected chi connectivity index (χ0v) is 27.4. The first-order valence-electron chi connectivity index (χ1n) is 15.6. The number of hydrogen-bond acceptors (Lipinski definition) is 7. The van der Waals surface area contributed by atoms with Gasteiger partial charge in [0.25, 0.3) is 5.91 Å². The van der Waals surface area contributed by atoms with Crippen LogP contribution in [0.5, 0.6) is 11.5 Å². The highest BCUT2D eigenvalue weighted by Gasteiger charge is 2.30. The SMILES string of the molecule is COc1ccc(OCC2CC2)c(-c2ncnc3c(C(=O)NC4CCC(NC(=O)O)CC4)c(C)n(COCC[Si](C)(C)C)c23)c1. The lowest BCUT2D eigenvalue weighted by molar-refractivity contribution is 0.0877. The van der Waals surface area contributed by atoms with E-state index in [4.69, 9.17) is 24.3 Å². The zero-order chi connectivity index (χ0) is 31.4. The Bertz CT molecular complexity index is 1490. The minimum absolute atomic E-state index is 0.0535. The number of benzene rings is 1. The smallest absolute Gasteiger partial charge is 0.404 e. The van der Waals surface area contributed by atoms with Gasteiger partial charge in [-0.3, -0.25) is 4.79 Å².